The molecule has 2 aromatic heterocycles. The first-order chi connectivity index (χ1) is 18.8. The van der Waals surface area contributed by atoms with Gasteiger partial charge in [-0.3, -0.25) is 9.97 Å². The highest BCUT2D eigenvalue weighted by Gasteiger charge is 2.23. The molecular weight excluding hydrogens is 472 g/mol. The summed E-state index contributed by atoms with van der Waals surface area (Å²) in [6.45, 7) is 3.28. The number of rotatable bonds is 6. The molecule has 2 aliphatic rings. The quantitative estimate of drug-likeness (QED) is 0.375. The van der Waals surface area contributed by atoms with Crippen LogP contribution in [0.2, 0.25) is 0 Å². The number of nitrogens with one attached hydrogen (secondary N) is 2. The van der Waals surface area contributed by atoms with E-state index in [1.807, 2.05) is 51.0 Å². The Morgan fingerprint density at radius 1 is 0.658 bits per heavy atom. The zero-order valence-electron chi connectivity index (χ0n) is 22.2. The van der Waals surface area contributed by atoms with Gasteiger partial charge in [0.2, 0.25) is 0 Å². The molecule has 0 saturated heterocycles. The second-order valence-electron chi connectivity index (χ2n) is 9.56. The molecule has 0 spiro atoms. The molecule has 2 atom stereocenters. The van der Waals surface area contributed by atoms with Crippen LogP contribution >= 0.6 is 0 Å². The molecule has 6 nitrogen and oxygen atoms in total. The summed E-state index contributed by atoms with van der Waals surface area (Å²) in [7, 11) is 3.92. The van der Waals surface area contributed by atoms with Crippen LogP contribution in [0.15, 0.2) is 85.5 Å². The van der Waals surface area contributed by atoms with Gasteiger partial charge < -0.3 is 20.1 Å². The number of pyridine rings is 2. The molecular formula is C32H36N4O2. The van der Waals surface area contributed by atoms with Crippen molar-refractivity contribution in [2.45, 2.75) is 25.0 Å². The van der Waals surface area contributed by atoms with Gasteiger partial charge in [-0.1, -0.05) is 48.5 Å². The number of hydrogen-bond donors (Lipinski definition) is 2. The third-order valence-corrected chi connectivity index (χ3v) is 7.18. The van der Waals surface area contributed by atoms with Crippen molar-refractivity contribution in [3.8, 4) is 22.3 Å². The molecule has 6 rings (SSSR count). The lowest BCUT2D eigenvalue weighted by Gasteiger charge is -2.27. The fourth-order valence-electron chi connectivity index (χ4n) is 5.45. The van der Waals surface area contributed by atoms with Gasteiger partial charge in [0.05, 0.1) is 25.4 Å². The Balaban J connectivity index is 0.000000155. The fraction of sp³-hybridized carbons (Fsp3) is 0.312. The lowest BCUT2D eigenvalue weighted by molar-refractivity contribution is 0.0439. The van der Waals surface area contributed by atoms with Crippen molar-refractivity contribution in [1.29, 1.82) is 0 Å². The fourth-order valence-corrected chi connectivity index (χ4v) is 5.45. The predicted molar refractivity (Wildman–Crippen MR) is 152 cm³/mol. The van der Waals surface area contributed by atoms with E-state index in [1.54, 1.807) is 0 Å². The monoisotopic (exact) mass is 508 g/mol. The van der Waals surface area contributed by atoms with Crippen molar-refractivity contribution in [3.05, 3.63) is 108 Å². The van der Waals surface area contributed by atoms with E-state index in [1.165, 1.54) is 44.5 Å². The maximum absolute atomic E-state index is 5.86. The number of aromatic nitrogens is 2. The van der Waals surface area contributed by atoms with Gasteiger partial charge in [0, 0.05) is 49.0 Å². The van der Waals surface area contributed by atoms with E-state index >= 15 is 0 Å². The minimum absolute atomic E-state index is 0.158. The maximum atomic E-state index is 5.86. The molecule has 0 fully saturated rings. The van der Waals surface area contributed by atoms with Crippen molar-refractivity contribution >= 4 is 0 Å². The van der Waals surface area contributed by atoms with E-state index < -0.39 is 0 Å². The van der Waals surface area contributed by atoms with Crippen LogP contribution in [0.1, 0.15) is 34.5 Å². The summed E-state index contributed by atoms with van der Waals surface area (Å²) >= 11 is 0. The second-order valence-corrected chi connectivity index (χ2v) is 9.56. The molecule has 0 saturated carbocycles. The zero-order chi connectivity index (χ0) is 26.2. The Morgan fingerprint density at radius 2 is 1.13 bits per heavy atom. The minimum atomic E-state index is 0.158. The molecule has 2 aromatic carbocycles. The average molecular weight is 509 g/mol. The summed E-state index contributed by atoms with van der Waals surface area (Å²) in [5.41, 5.74) is 10.4. The Labute approximate surface area is 225 Å². The number of fused-ring (bicyclic) bond motifs is 2. The van der Waals surface area contributed by atoms with E-state index in [9.17, 15) is 0 Å². The third-order valence-electron chi connectivity index (χ3n) is 7.18. The molecule has 0 bridgehead atoms. The van der Waals surface area contributed by atoms with Gasteiger partial charge in [0.15, 0.2) is 0 Å². The summed E-state index contributed by atoms with van der Waals surface area (Å²) in [4.78, 5) is 8.44. The highest BCUT2D eigenvalue weighted by molar-refractivity contribution is 5.69. The number of benzene rings is 2. The van der Waals surface area contributed by atoms with Crippen LogP contribution in [0.4, 0.5) is 0 Å². The summed E-state index contributed by atoms with van der Waals surface area (Å²) in [5, 5.41) is 6.40. The van der Waals surface area contributed by atoms with Crippen LogP contribution in [-0.4, -0.2) is 50.4 Å². The Morgan fingerprint density at radius 3 is 1.53 bits per heavy atom. The van der Waals surface area contributed by atoms with Crippen LogP contribution < -0.4 is 10.6 Å². The molecule has 38 heavy (non-hydrogen) atoms. The molecule has 0 aliphatic carbocycles. The Hall–Kier alpha value is -3.42. The molecule has 2 aliphatic heterocycles. The first-order valence-corrected chi connectivity index (χ1v) is 13.4. The first-order valence-electron chi connectivity index (χ1n) is 13.4. The topological polar surface area (TPSA) is 68.3 Å². The third kappa shape index (κ3) is 5.84. The molecule has 196 valence electrons. The van der Waals surface area contributed by atoms with Crippen molar-refractivity contribution < 1.29 is 9.47 Å². The SMILES string of the molecule is CNC[C@@H]1OCCc2c(-c3cccnc3)cccc21.CNC[C@H]1OCCc2c(-c3cccnc3)cccc21. The van der Waals surface area contributed by atoms with E-state index in [0.717, 1.165) is 39.1 Å². The summed E-state index contributed by atoms with van der Waals surface area (Å²) in [6.07, 6.45) is 9.74. The van der Waals surface area contributed by atoms with Crippen LogP contribution in [0.5, 0.6) is 0 Å². The van der Waals surface area contributed by atoms with Gasteiger partial charge in [-0.15, -0.1) is 0 Å². The highest BCUT2D eigenvalue weighted by Crippen LogP contribution is 2.35. The van der Waals surface area contributed by atoms with Gasteiger partial charge in [0.1, 0.15) is 0 Å². The van der Waals surface area contributed by atoms with Crippen LogP contribution in [0.25, 0.3) is 22.3 Å². The Bertz CT molecular complexity index is 1210. The zero-order valence-corrected chi connectivity index (χ0v) is 22.2. The minimum Gasteiger partial charge on any atom is -0.372 e. The molecule has 4 heterocycles. The van der Waals surface area contributed by atoms with Crippen molar-refractivity contribution in [1.82, 2.24) is 20.6 Å². The molecule has 4 aromatic rings. The lowest BCUT2D eigenvalue weighted by Crippen LogP contribution is -2.25. The number of likely N-dealkylation sites (N-methyl/N-ethyl adjacent to an activating group) is 2. The van der Waals surface area contributed by atoms with Gasteiger partial charge in [-0.05, 0) is 72.5 Å². The molecule has 0 unspecified atom stereocenters. The van der Waals surface area contributed by atoms with Crippen LogP contribution in [0, 0.1) is 0 Å². The van der Waals surface area contributed by atoms with Gasteiger partial charge in [-0.2, -0.15) is 0 Å². The molecule has 2 N–H and O–H groups in total. The van der Waals surface area contributed by atoms with Crippen LogP contribution in [-0.2, 0) is 22.3 Å². The van der Waals surface area contributed by atoms with E-state index in [2.05, 4.69) is 69.1 Å². The van der Waals surface area contributed by atoms with Gasteiger partial charge in [0.25, 0.3) is 0 Å². The van der Waals surface area contributed by atoms with Crippen molar-refractivity contribution in [2.24, 2.45) is 0 Å². The Kier molecular flexibility index (Phi) is 8.89. The summed E-state index contributed by atoms with van der Waals surface area (Å²) < 4.78 is 11.7. The largest absolute Gasteiger partial charge is 0.372 e. The summed E-state index contributed by atoms with van der Waals surface area (Å²) in [6, 6.07) is 21.1. The van der Waals surface area contributed by atoms with Crippen LogP contribution in [0.3, 0.4) is 0 Å². The van der Waals surface area contributed by atoms with Crippen molar-refractivity contribution in [2.75, 3.05) is 40.4 Å². The molecule has 0 radical (unpaired) electrons. The van der Waals surface area contributed by atoms with E-state index in [-0.39, 0.29) is 12.2 Å². The van der Waals surface area contributed by atoms with E-state index in [0.29, 0.717) is 0 Å². The number of hydrogen-bond acceptors (Lipinski definition) is 6. The van der Waals surface area contributed by atoms with Crippen molar-refractivity contribution in [3.63, 3.8) is 0 Å². The summed E-state index contributed by atoms with van der Waals surface area (Å²) in [5.74, 6) is 0. The predicted octanol–water partition coefficient (Wildman–Crippen LogP) is 5.16. The number of nitrogens with zero attached hydrogens (tertiary/aromatic N) is 2. The number of ether oxygens (including phenoxy) is 2. The molecule has 6 heteroatoms. The smallest absolute Gasteiger partial charge is 0.0952 e. The normalized spacial score (nSPS) is 18.1. The standard InChI is InChI=1S/2C16H18N2O/c2*1-17-11-16-15-6-2-5-13(14(15)7-9-19-16)12-4-3-8-18-10-12/h2*2-6,8,10,16-17H,7,9,11H2,1H3/t2*16-/m10/s1. The van der Waals surface area contributed by atoms with Gasteiger partial charge in [-0.25, -0.2) is 0 Å². The maximum Gasteiger partial charge on any atom is 0.0952 e. The highest BCUT2D eigenvalue weighted by atomic mass is 16.5. The second kappa shape index (κ2) is 12.9. The van der Waals surface area contributed by atoms with Gasteiger partial charge >= 0.3 is 0 Å². The average Bonchev–Trinajstić information content (AvgIpc) is 2.98. The lowest BCUT2D eigenvalue weighted by atomic mass is 9.90. The first kappa shape index (κ1) is 26.2. The molecule has 0 amide bonds. The van der Waals surface area contributed by atoms with E-state index in [4.69, 9.17) is 9.47 Å².